The van der Waals surface area contributed by atoms with Crippen molar-refractivity contribution in [3.8, 4) is 11.5 Å². The van der Waals surface area contributed by atoms with Gasteiger partial charge in [0.1, 0.15) is 0 Å². The number of fused-ring (bicyclic) bond motifs is 1. The molecular formula is C22H24N2O5S. The number of aryl methyl sites for hydroxylation is 2. The molecule has 0 spiro atoms. The summed E-state index contributed by atoms with van der Waals surface area (Å²) in [5.74, 6) is 1.21. The Morgan fingerprint density at radius 2 is 1.67 bits per heavy atom. The van der Waals surface area contributed by atoms with Gasteiger partial charge in [0.2, 0.25) is 22.7 Å². The zero-order chi connectivity index (χ0) is 21.3. The quantitative estimate of drug-likeness (QED) is 0.700. The molecular weight excluding hydrogens is 404 g/mol. The molecule has 1 saturated heterocycles. The average molecular weight is 429 g/mol. The molecule has 0 unspecified atom stereocenters. The Balaban J connectivity index is 1.38. The Kier molecular flexibility index (Phi) is 5.53. The summed E-state index contributed by atoms with van der Waals surface area (Å²) < 4.78 is 37.9. The van der Waals surface area contributed by atoms with E-state index in [1.807, 2.05) is 38.1 Å². The number of rotatable bonds is 4. The van der Waals surface area contributed by atoms with E-state index >= 15 is 0 Å². The summed E-state index contributed by atoms with van der Waals surface area (Å²) in [6, 6.07) is 10.6. The molecule has 0 aliphatic carbocycles. The first-order valence-electron chi connectivity index (χ1n) is 9.79. The molecule has 0 aromatic heterocycles. The number of nitrogens with zero attached hydrogens (tertiary/aromatic N) is 2. The Morgan fingerprint density at radius 3 is 2.40 bits per heavy atom. The van der Waals surface area contributed by atoms with Gasteiger partial charge in [-0.1, -0.05) is 12.1 Å². The largest absolute Gasteiger partial charge is 0.454 e. The van der Waals surface area contributed by atoms with Crippen LogP contribution in [0.2, 0.25) is 0 Å². The molecule has 1 amide bonds. The van der Waals surface area contributed by atoms with Gasteiger partial charge >= 0.3 is 0 Å². The van der Waals surface area contributed by atoms with Gasteiger partial charge in [-0.25, -0.2) is 8.42 Å². The second kappa shape index (κ2) is 8.12. The topological polar surface area (TPSA) is 76.2 Å². The normalized spacial score (nSPS) is 16.9. The number of ether oxygens (including phenoxy) is 2. The highest BCUT2D eigenvalue weighted by atomic mass is 32.2. The Bertz CT molecular complexity index is 1100. The third kappa shape index (κ3) is 4.06. The summed E-state index contributed by atoms with van der Waals surface area (Å²) >= 11 is 0. The summed E-state index contributed by atoms with van der Waals surface area (Å²) in [7, 11) is -3.56. The summed E-state index contributed by atoms with van der Waals surface area (Å²) in [6.07, 6.45) is 3.23. The lowest BCUT2D eigenvalue weighted by atomic mass is 10.1. The fourth-order valence-corrected chi connectivity index (χ4v) is 4.97. The van der Waals surface area contributed by atoms with E-state index in [4.69, 9.17) is 9.47 Å². The van der Waals surface area contributed by atoms with Gasteiger partial charge in [-0.15, -0.1) is 0 Å². The van der Waals surface area contributed by atoms with Gasteiger partial charge in [-0.2, -0.15) is 4.31 Å². The Morgan fingerprint density at radius 1 is 0.933 bits per heavy atom. The molecule has 2 aliphatic rings. The van der Waals surface area contributed by atoms with Crippen molar-refractivity contribution in [2.75, 3.05) is 33.0 Å². The summed E-state index contributed by atoms with van der Waals surface area (Å²) in [5.41, 5.74) is 2.83. The number of sulfonamides is 1. The van der Waals surface area contributed by atoms with Crippen molar-refractivity contribution in [3.05, 3.63) is 59.2 Å². The van der Waals surface area contributed by atoms with Gasteiger partial charge in [0.25, 0.3) is 0 Å². The monoisotopic (exact) mass is 428 g/mol. The van der Waals surface area contributed by atoms with Crippen LogP contribution in [0, 0.1) is 13.8 Å². The van der Waals surface area contributed by atoms with Crippen molar-refractivity contribution >= 4 is 22.0 Å². The van der Waals surface area contributed by atoms with Crippen molar-refractivity contribution in [2.24, 2.45) is 0 Å². The third-order valence-corrected chi connectivity index (χ3v) is 7.38. The van der Waals surface area contributed by atoms with Gasteiger partial charge in [0.05, 0.1) is 4.90 Å². The molecule has 30 heavy (non-hydrogen) atoms. The van der Waals surface area contributed by atoms with Crippen LogP contribution in [0.4, 0.5) is 0 Å². The van der Waals surface area contributed by atoms with Crippen LogP contribution < -0.4 is 9.47 Å². The van der Waals surface area contributed by atoms with E-state index in [1.165, 1.54) is 10.4 Å². The lowest BCUT2D eigenvalue weighted by Gasteiger charge is -2.33. The second-order valence-corrected chi connectivity index (χ2v) is 9.36. The van der Waals surface area contributed by atoms with E-state index in [2.05, 4.69) is 0 Å². The number of carbonyl (C=O) groups excluding carboxylic acids is 1. The summed E-state index contributed by atoms with van der Waals surface area (Å²) in [4.78, 5) is 14.5. The molecule has 0 atom stereocenters. The van der Waals surface area contributed by atoms with Crippen molar-refractivity contribution < 1.29 is 22.7 Å². The van der Waals surface area contributed by atoms with Crippen molar-refractivity contribution in [1.29, 1.82) is 0 Å². The third-order valence-electron chi connectivity index (χ3n) is 5.48. The number of hydrogen-bond acceptors (Lipinski definition) is 5. The molecule has 0 saturated carbocycles. The minimum atomic E-state index is -3.56. The molecule has 2 heterocycles. The van der Waals surface area contributed by atoms with E-state index in [0.29, 0.717) is 29.5 Å². The van der Waals surface area contributed by atoms with Crippen LogP contribution in [0.15, 0.2) is 47.4 Å². The maximum absolute atomic E-state index is 12.9. The molecule has 0 bridgehead atoms. The molecule has 2 aliphatic heterocycles. The van der Waals surface area contributed by atoms with E-state index in [0.717, 1.165) is 16.7 Å². The Hall–Kier alpha value is -2.84. The van der Waals surface area contributed by atoms with Crippen LogP contribution in [-0.4, -0.2) is 56.5 Å². The molecule has 8 heteroatoms. The van der Waals surface area contributed by atoms with Crippen LogP contribution in [0.5, 0.6) is 11.5 Å². The van der Waals surface area contributed by atoms with Crippen LogP contribution in [0.25, 0.3) is 6.08 Å². The lowest BCUT2D eigenvalue weighted by molar-refractivity contribution is -0.127. The van der Waals surface area contributed by atoms with Crippen molar-refractivity contribution in [2.45, 2.75) is 18.7 Å². The van der Waals surface area contributed by atoms with Crippen molar-refractivity contribution in [1.82, 2.24) is 9.21 Å². The Labute approximate surface area is 176 Å². The molecule has 0 N–H and O–H groups in total. The molecule has 0 radical (unpaired) electrons. The molecule has 7 nitrogen and oxygen atoms in total. The molecule has 2 aromatic rings. The van der Waals surface area contributed by atoms with E-state index < -0.39 is 10.0 Å². The van der Waals surface area contributed by atoms with E-state index in [-0.39, 0.29) is 25.8 Å². The number of amides is 1. The summed E-state index contributed by atoms with van der Waals surface area (Å²) in [5, 5.41) is 0. The molecule has 1 fully saturated rings. The highest BCUT2D eigenvalue weighted by Gasteiger charge is 2.29. The predicted molar refractivity (Wildman–Crippen MR) is 113 cm³/mol. The fraction of sp³-hybridized carbons (Fsp3) is 0.318. The van der Waals surface area contributed by atoms with Gasteiger partial charge in [0.15, 0.2) is 11.5 Å². The fourth-order valence-electron chi connectivity index (χ4n) is 3.46. The second-order valence-electron chi connectivity index (χ2n) is 7.42. The average Bonchev–Trinajstić information content (AvgIpc) is 3.22. The number of hydrogen-bond donors (Lipinski definition) is 0. The first-order valence-corrected chi connectivity index (χ1v) is 11.2. The summed E-state index contributed by atoms with van der Waals surface area (Å²) in [6.45, 7) is 5.32. The molecule has 4 rings (SSSR count). The van der Waals surface area contributed by atoms with E-state index in [1.54, 1.807) is 23.1 Å². The maximum Gasteiger partial charge on any atom is 0.246 e. The highest BCUT2D eigenvalue weighted by molar-refractivity contribution is 7.89. The van der Waals surface area contributed by atoms with Gasteiger partial charge in [-0.3, -0.25) is 4.79 Å². The zero-order valence-corrected chi connectivity index (χ0v) is 17.8. The zero-order valence-electron chi connectivity index (χ0n) is 17.0. The minimum absolute atomic E-state index is 0.143. The van der Waals surface area contributed by atoms with Crippen LogP contribution in [-0.2, 0) is 14.8 Å². The van der Waals surface area contributed by atoms with Gasteiger partial charge in [-0.05, 0) is 60.9 Å². The maximum atomic E-state index is 12.9. The SMILES string of the molecule is Cc1ccc(S(=O)(=O)N2CCN(C(=O)C=Cc3ccc4c(c3)OCO4)CC2)cc1C. The van der Waals surface area contributed by atoms with Crippen LogP contribution in [0.1, 0.15) is 16.7 Å². The van der Waals surface area contributed by atoms with Gasteiger partial charge < -0.3 is 14.4 Å². The van der Waals surface area contributed by atoms with Crippen molar-refractivity contribution in [3.63, 3.8) is 0 Å². The predicted octanol–water partition coefficient (Wildman–Crippen LogP) is 2.58. The first kappa shape index (κ1) is 20.4. The molecule has 2 aromatic carbocycles. The number of carbonyl (C=O) groups is 1. The first-order chi connectivity index (χ1) is 14.3. The smallest absolute Gasteiger partial charge is 0.246 e. The van der Waals surface area contributed by atoms with Gasteiger partial charge in [0, 0.05) is 32.3 Å². The lowest BCUT2D eigenvalue weighted by Crippen LogP contribution is -2.50. The minimum Gasteiger partial charge on any atom is -0.454 e. The van der Waals surface area contributed by atoms with Crippen LogP contribution >= 0.6 is 0 Å². The molecule has 158 valence electrons. The number of benzene rings is 2. The van der Waals surface area contributed by atoms with E-state index in [9.17, 15) is 13.2 Å². The van der Waals surface area contributed by atoms with Crippen LogP contribution in [0.3, 0.4) is 0 Å². The highest BCUT2D eigenvalue weighted by Crippen LogP contribution is 2.32. The number of piperazine rings is 1. The standard InChI is InChI=1S/C22H24N2O5S/c1-16-3-6-19(13-17(16)2)30(26,27)24-11-9-23(10-12-24)22(25)8-5-18-4-7-20-21(14-18)29-15-28-20/h3-8,13-14H,9-12,15H2,1-2H3.